The molecule has 0 bridgehead atoms. The number of carbonyl (C=O) groups is 2. The highest BCUT2D eigenvalue weighted by Crippen LogP contribution is 2.19. The molecule has 0 saturated carbocycles. The van der Waals surface area contributed by atoms with Gasteiger partial charge in [0.15, 0.2) is 0 Å². The Morgan fingerprint density at radius 1 is 0.939 bits per heavy atom. The lowest BCUT2D eigenvalue weighted by Gasteiger charge is -2.22. The molecule has 0 aliphatic carbocycles. The van der Waals surface area contributed by atoms with Crippen molar-refractivity contribution < 1.29 is 27.1 Å². The van der Waals surface area contributed by atoms with Crippen LogP contribution >= 0.6 is 0 Å². The molecule has 172 valence electrons. The van der Waals surface area contributed by atoms with Crippen molar-refractivity contribution in [1.29, 1.82) is 0 Å². The largest absolute Gasteiger partial charge is 0.462 e. The fourth-order valence-electron chi connectivity index (χ4n) is 3.03. The van der Waals surface area contributed by atoms with Gasteiger partial charge in [0.25, 0.3) is 0 Å². The summed E-state index contributed by atoms with van der Waals surface area (Å²) in [6.45, 7) is 1.37. The van der Waals surface area contributed by atoms with Gasteiger partial charge in [0.1, 0.15) is 5.82 Å². The minimum Gasteiger partial charge on any atom is -0.462 e. The maximum Gasteiger partial charge on any atom is 0.338 e. The van der Waals surface area contributed by atoms with Gasteiger partial charge in [-0.15, -0.1) is 0 Å². The Labute approximate surface area is 191 Å². The molecular formula is C24H23FN2O5S. The molecule has 0 aromatic heterocycles. The average Bonchev–Trinajstić information content (AvgIpc) is 2.81. The van der Waals surface area contributed by atoms with Crippen LogP contribution in [0.4, 0.5) is 10.1 Å². The second-order valence-electron chi connectivity index (χ2n) is 7.06. The van der Waals surface area contributed by atoms with Crippen LogP contribution in [0.2, 0.25) is 0 Å². The molecule has 33 heavy (non-hydrogen) atoms. The zero-order valence-corrected chi connectivity index (χ0v) is 18.7. The lowest BCUT2D eigenvalue weighted by atomic mass is 10.2. The van der Waals surface area contributed by atoms with Gasteiger partial charge in [-0.25, -0.2) is 17.6 Å². The van der Waals surface area contributed by atoms with Crippen LogP contribution < -0.4 is 5.32 Å². The monoisotopic (exact) mass is 470 g/mol. The topological polar surface area (TPSA) is 92.8 Å². The van der Waals surface area contributed by atoms with Gasteiger partial charge in [-0.05, 0) is 61.0 Å². The molecule has 9 heteroatoms. The number of hydrogen-bond acceptors (Lipinski definition) is 5. The van der Waals surface area contributed by atoms with Crippen LogP contribution in [0.15, 0.2) is 83.8 Å². The zero-order valence-electron chi connectivity index (χ0n) is 17.9. The predicted octanol–water partition coefficient (Wildman–Crippen LogP) is 3.83. The van der Waals surface area contributed by atoms with E-state index in [0.717, 1.165) is 4.31 Å². The van der Waals surface area contributed by atoms with Gasteiger partial charge in [-0.3, -0.25) is 4.79 Å². The minimum atomic E-state index is -4.00. The van der Waals surface area contributed by atoms with E-state index >= 15 is 0 Å². The smallest absolute Gasteiger partial charge is 0.338 e. The SMILES string of the molecule is CCOC(=O)c1ccc(NC(=O)CN(Cc2ccc(F)cc2)S(=O)(=O)c2ccccc2)cc1. The molecule has 0 heterocycles. The third kappa shape index (κ3) is 6.47. The van der Waals surface area contributed by atoms with Crippen LogP contribution in [-0.2, 0) is 26.1 Å². The molecule has 3 rings (SSSR count). The number of amides is 1. The fourth-order valence-corrected chi connectivity index (χ4v) is 4.43. The minimum absolute atomic E-state index is 0.0405. The highest BCUT2D eigenvalue weighted by Gasteiger charge is 2.27. The van der Waals surface area contributed by atoms with E-state index in [1.807, 2.05) is 0 Å². The Bertz CT molecular complexity index is 1200. The van der Waals surface area contributed by atoms with Crippen LogP contribution in [0.25, 0.3) is 0 Å². The Morgan fingerprint density at radius 3 is 2.18 bits per heavy atom. The molecule has 0 unspecified atom stereocenters. The summed E-state index contributed by atoms with van der Waals surface area (Å²) in [5, 5.41) is 2.63. The van der Waals surface area contributed by atoms with E-state index in [-0.39, 0.29) is 18.0 Å². The highest BCUT2D eigenvalue weighted by molar-refractivity contribution is 7.89. The van der Waals surface area contributed by atoms with Crippen molar-refractivity contribution in [3.05, 3.63) is 95.8 Å². The van der Waals surface area contributed by atoms with E-state index in [2.05, 4.69) is 5.32 Å². The summed E-state index contributed by atoms with van der Waals surface area (Å²) in [6, 6.07) is 19.2. The van der Waals surface area contributed by atoms with E-state index in [0.29, 0.717) is 16.8 Å². The molecule has 0 fully saturated rings. The van der Waals surface area contributed by atoms with Crippen molar-refractivity contribution in [1.82, 2.24) is 4.31 Å². The van der Waals surface area contributed by atoms with Gasteiger partial charge in [0.05, 0.1) is 23.6 Å². The van der Waals surface area contributed by atoms with Crippen LogP contribution in [0.3, 0.4) is 0 Å². The van der Waals surface area contributed by atoms with Gasteiger partial charge >= 0.3 is 5.97 Å². The van der Waals surface area contributed by atoms with Crippen LogP contribution in [0.5, 0.6) is 0 Å². The maximum atomic E-state index is 13.3. The summed E-state index contributed by atoms with van der Waals surface area (Å²) < 4.78 is 45.6. The fraction of sp³-hybridized carbons (Fsp3) is 0.167. The van der Waals surface area contributed by atoms with Gasteiger partial charge in [-0.2, -0.15) is 4.31 Å². The van der Waals surface area contributed by atoms with Crippen LogP contribution in [-0.4, -0.2) is 37.8 Å². The van der Waals surface area contributed by atoms with Gasteiger partial charge < -0.3 is 10.1 Å². The Morgan fingerprint density at radius 2 is 1.58 bits per heavy atom. The first-order chi connectivity index (χ1) is 15.8. The van der Waals surface area contributed by atoms with Gasteiger partial charge in [0, 0.05) is 12.2 Å². The van der Waals surface area contributed by atoms with Crippen molar-refractivity contribution in [3.8, 4) is 0 Å². The summed E-state index contributed by atoms with van der Waals surface area (Å²) in [5.74, 6) is -1.49. The number of sulfonamides is 1. The molecule has 0 aliphatic heterocycles. The van der Waals surface area contributed by atoms with Crippen LogP contribution in [0, 0.1) is 5.82 Å². The lowest BCUT2D eigenvalue weighted by molar-refractivity contribution is -0.116. The van der Waals surface area contributed by atoms with E-state index in [9.17, 15) is 22.4 Å². The number of halogens is 1. The molecule has 0 spiro atoms. The Kier molecular flexibility index (Phi) is 7.92. The molecule has 3 aromatic rings. The second-order valence-corrected chi connectivity index (χ2v) is 9.00. The molecular weight excluding hydrogens is 447 g/mol. The number of hydrogen-bond donors (Lipinski definition) is 1. The normalized spacial score (nSPS) is 11.2. The predicted molar refractivity (Wildman–Crippen MR) is 121 cm³/mol. The van der Waals surface area contributed by atoms with E-state index < -0.39 is 34.3 Å². The average molecular weight is 471 g/mol. The number of ether oxygens (including phenoxy) is 1. The van der Waals surface area contributed by atoms with Gasteiger partial charge in [0.2, 0.25) is 15.9 Å². The Hall–Kier alpha value is -3.56. The molecule has 0 radical (unpaired) electrons. The van der Waals surface area contributed by atoms with Crippen LogP contribution in [0.1, 0.15) is 22.8 Å². The zero-order chi connectivity index (χ0) is 23.8. The Balaban J connectivity index is 1.78. The first kappa shape index (κ1) is 24.1. The molecule has 3 aromatic carbocycles. The number of carbonyl (C=O) groups excluding carboxylic acids is 2. The lowest BCUT2D eigenvalue weighted by Crippen LogP contribution is -2.37. The first-order valence-electron chi connectivity index (χ1n) is 10.2. The molecule has 1 N–H and O–H groups in total. The summed E-state index contributed by atoms with van der Waals surface area (Å²) >= 11 is 0. The summed E-state index contributed by atoms with van der Waals surface area (Å²) in [6.07, 6.45) is 0. The van der Waals surface area contributed by atoms with E-state index in [4.69, 9.17) is 4.74 Å². The van der Waals surface area contributed by atoms with Crippen molar-refractivity contribution >= 4 is 27.6 Å². The molecule has 1 amide bonds. The van der Waals surface area contributed by atoms with Crippen molar-refractivity contribution in [2.75, 3.05) is 18.5 Å². The molecule has 0 saturated heterocycles. The van der Waals surface area contributed by atoms with Crippen molar-refractivity contribution in [2.24, 2.45) is 0 Å². The summed E-state index contributed by atoms with van der Waals surface area (Å²) in [7, 11) is -4.00. The van der Waals surface area contributed by atoms with E-state index in [1.54, 1.807) is 25.1 Å². The third-order valence-corrected chi connectivity index (χ3v) is 6.46. The quantitative estimate of drug-likeness (QED) is 0.480. The first-order valence-corrected chi connectivity index (χ1v) is 11.6. The number of nitrogens with one attached hydrogen (secondary N) is 1. The number of benzene rings is 3. The number of anilines is 1. The maximum absolute atomic E-state index is 13.3. The van der Waals surface area contributed by atoms with Crippen molar-refractivity contribution in [2.45, 2.75) is 18.4 Å². The molecule has 7 nitrogen and oxygen atoms in total. The summed E-state index contributed by atoms with van der Waals surface area (Å²) in [5.41, 5.74) is 1.26. The number of rotatable bonds is 9. The van der Waals surface area contributed by atoms with Gasteiger partial charge in [-0.1, -0.05) is 30.3 Å². The highest BCUT2D eigenvalue weighted by atomic mass is 32.2. The molecule has 0 atom stereocenters. The number of nitrogens with zero attached hydrogens (tertiary/aromatic N) is 1. The third-order valence-electron chi connectivity index (χ3n) is 4.65. The van der Waals surface area contributed by atoms with E-state index in [1.165, 1.54) is 60.7 Å². The number of esters is 1. The van der Waals surface area contributed by atoms with Crippen molar-refractivity contribution in [3.63, 3.8) is 0 Å². The second kappa shape index (κ2) is 10.8. The molecule has 0 aliphatic rings. The summed E-state index contributed by atoms with van der Waals surface area (Å²) in [4.78, 5) is 24.5. The standard InChI is InChI=1S/C24H23FN2O5S/c1-2-32-24(29)19-10-14-21(15-11-19)26-23(28)17-27(16-18-8-12-20(25)13-9-18)33(30,31)22-6-4-3-5-7-22/h3-15H,2,16-17H2,1H3,(H,26,28).